The molecule has 6 heteroatoms. The lowest BCUT2D eigenvalue weighted by Crippen LogP contribution is -2.37. The lowest BCUT2D eigenvalue weighted by atomic mass is 10.2. The summed E-state index contributed by atoms with van der Waals surface area (Å²) in [4.78, 5) is 24.3. The number of nitrogens with one attached hydrogen (secondary N) is 2. The second kappa shape index (κ2) is 5.39. The minimum absolute atomic E-state index is 0.114. The van der Waals surface area contributed by atoms with Gasteiger partial charge in [0.1, 0.15) is 0 Å². The van der Waals surface area contributed by atoms with E-state index in [1.807, 2.05) is 25.1 Å². The number of amides is 3. The van der Waals surface area contributed by atoms with Crippen molar-refractivity contribution in [3.63, 3.8) is 0 Å². The van der Waals surface area contributed by atoms with E-state index < -0.39 is 0 Å². The monoisotopic (exact) mass is 311 g/mol. The number of anilines is 1. The molecule has 0 bridgehead atoms. The van der Waals surface area contributed by atoms with E-state index in [2.05, 4.69) is 26.6 Å². The van der Waals surface area contributed by atoms with Crippen molar-refractivity contribution in [2.24, 2.45) is 0 Å². The molecule has 0 saturated carbocycles. The van der Waals surface area contributed by atoms with Gasteiger partial charge in [-0.25, -0.2) is 4.79 Å². The zero-order valence-electron chi connectivity index (χ0n) is 10.00. The number of halogens is 1. The third-order valence-corrected chi connectivity index (χ3v) is 3.63. The molecule has 0 aromatic heterocycles. The second-order valence-corrected chi connectivity index (χ2v) is 4.95. The Balaban J connectivity index is 1.93. The number of carbonyl (C=O) groups is 2. The molecular formula is C12H14BrN3O2. The zero-order chi connectivity index (χ0) is 13.1. The molecule has 2 rings (SSSR count). The Morgan fingerprint density at radius 2 is 2.33 bits per heavy atom. The number of carbonyl (C=O) groups excluding carboxylic acids is 2. The van der Waals surface area contributed by atoms with Crippen LogP contribution in [0.1, 0.15) is 5.56 Å². The third kappa shape index (κ3) is 2.81. The molecule has 0 spiro atoms. The molecule has 3 amide bonds. The molecule has 1 saturated heterocycles. The maximum absolute atomic E-state index is 11.8. The van der Waals surface area contributed by atoms with Gasteiger partial charge in [0.25, 0.3) is 0 Å². The molecule has 1 fully saturated rings. The highest BCUT2D eigenvalue weighted by Gasteiger charge is 2.25. The SMILES string of the molecule is Cc1ccc(NCC(=O)N2CCNC2=O)cc1Br. The van der Waals surface area contributed by atoms with Crippen molar-refractivity contribution in [1.82, 2.24) is 10.2 Å². The first-order valence-electron chi connectivity index (χ1n) is 5.66. The maximum Gasteiger partial charge on any atom is 0.324 e. The second-order valence-electron chi connectivity index (χ2n) is 4.09. The Bertz CT molecular complexity index is 490. The summed E-state index contributed by atoms with van der Waals surface area (Å²) in [6.07, 6.45) is 0. The molecule has 0 radical (unpaired) electrons. The van der Waals surface area contributed by atoms with E-state index in [1.165, 1.54) is 4.90 Å². The predicted molar refractivity (Wildman–Crippen MR) is 72.5 cm³/mol. The first kappa shape index (κ1) is 12.9. The molecule has 0 aliphatic carbocycles. The molecule has 5 nitrogen and oxygen atoms in total. The van der Waals surface area contributed by atoms with Gasteiger partial charge in [0.05, 0.1) is 6.54 Å². The van der Waals surface area contributed by atoms with Crippen LogP contribution in [0, 0.1) is 6.92 Å². The van der Waals surface area contributed by atoms with E-state index in [0.29, 0.717) is 13.1 Å². The fraction of sp³-hybridized carbons (Fsp3) is 0.333. The first-order chi connectivity index (χ1) is 8.58. The fourth-order valence-corrected chi connectivity index (χ4v) is 2.06. The van der Waals surface area contributed by atoms with Gasteiger partial charge in [-0.1, -0.05) is 22.0 Å². The summed E-state index contributed by atoms with van der Waals surface area (Å²) in [6, 6.07) is 5.45. The molecule has 96 valence electrons. The van der Waals surface area contributed by atoms with Crippen molar-refractivity contribution in [3.8, 4) is 0 Å². The Morgan fingerprint density at radius 1 is 1.56 bits per heavy atom. The van der Waals surface area contributed by atoms with Crippen LogP contribution in [-0.2, 0) is 4.79 Å². The number of rotatable bonds is 3. The quantitative estimate of drug-likeness (QED) is 0.893. The average Bonchev–Trinajstić information content (AvgIpc) is 2.77. The van der Waals surface area contributed by atoms with Gasteiger partial charge >= 0.3 is 6.03 Å². The molecule has 0 unspecified atom stereocenters. The third-order valence-electron chi connectivity index (χ3n) is 2.77. The van der Waals surface area contributed by atoms with Gasteiger partial charge in [-0.3, -0.25) is 9.69 Å². The standard InChI is InChI=1S/C12H14BrN3O2/c1-8-2-3-9(6-10(8)13)15-7-11(17)16-5-4-14-12(16)18/h2-3,6,15H,4-5,7H2,1H3,(H,14,18). The van der Waals surface area contributed by atoms with Gasteiger partial charge in [-0.05, 0) is 24.6 Å². The maximum atomic E-state index is 11.8. The Labute approximate surface area is 114 Å². The molecule has 1 heterocycles. The number of aryl methyl sites for hydroxylation is 1. The number of imide groups is 1. The van der Waals surface area contributed by atoms with Gasteiger partial charge in [0, 0.05) is 23.2 Å². The van der Waals surface area contributed by atoms with E-state index in [4.69, 9.17) is 0 Å². The summed E-state index contributed by atoms with van der Waals surface area (Å²) < 4.78 is 0.985. The Morgan fingerprint density at radius 3 is 2.94 bits per heavy atom. The minimum Gasteiger partial charge on any atom is -0.376 e. The molecule has 1 aliphatic rings. The van der Waals surface area contributed by atoms with Crippen LogP contribution in [0.25, 0.3) is 0 Å². The largest absolute Gasteiger partial charge is 0.376 e. The molecular weight excluding hydrogens is 298 g/mol. The number of benzene rings is 1. The van der Waals surface area contributed by atoms with Crippen molar-refractivity contribution in [1.29, 1.82) is 0 Å². The fourth-order valence-electron chi connectivity index (χ4n) is 1.69. The smallest absolute Gasteiger partial charge is 0.324 e. The summed E-state index contributed by atoms with van der Waals surface area (Å²) in [6.45, 7) is 3.08. The summed E-state index contributed by atoms with van der Waals surface area (Å²) in [5.74, 6) is -0.221. The highest BCUT2D eigenvalue weighted by atomic mass is 79.9. The van der Waals surface area contributed by atoms with E-state index in [0.717, 1.165) is 15.7 Å². The summed E-state index contributed by atoms with van der Waals surface area (Å²) >= 11 is 3.43. The van der Waals surface area contributed by atoms with Crippen LogP contribution in [0.4, 0.5) is 10.5 Å². The normalized spacial score (nSPS) is 14.6. The number of nitrogens with zero attached hydrogens (tertiary/aromatic N) is 1. The summed E-state index contributed by atoms with van der Waals surface area (Å²) in [7, 11) is 0. The lowest BCUT2D eigenvalue weighted by Gasteiger charge is -2.13. The average molecular weight is 312 g/mol. The van der Waals surface area contributed by atoms with Gasteiger partial charge in [0.2, 0.25) is 5.91 Å². The van der Waals surface area contributed by atoms with Crippen LogP contribution >= 0.6 is 15.9 Å². The number of hydrogen-bond donors (Lipinski definition) is 2. The Hall–Kier alpha value is -1.56. The van der Waals surface area contributed by atoms with Gasteiger partial charge < -0.3 is 10.6 Å². The molecule has 0 atom stereocenters. The lowest BCUT2D eigenvalue weighted by molar-refractivity contribution is -0.125. The number of hydrogen-bond acceptors (Lipinski definition) is 3. The molecule has 2 N–H and O–H groups in total. The molecule has 1 aliphatic heterocycles. The van der Waals surface area contributed by atoms with E-state index in [9.17, 15) is 9.59 Å². The van der Waals surface area contributed by atoms with Gasteiger partial charge in [-0.15, -0.1) is 0 Å². The summed E-state index contributed by atoms with van der Waals surface area (Å²) in [5, 5.41) is 5.60. The van der Waals surface area contributed by atoms with Crippen LogP contribution in [0.5, 0.6) is 0 Å². The summed E-state index contributed by atoms with van der Waals surface area (Å²) in [5.41, 5.74) is 1.98. The van der Waals surface area contributed by atoms with Crippen LogP contribution in [-0.4, -0.2) is 36.5 Å². The van der Waals surface area contributed by atoms with Gasteiger partial charge in [-0.2, -0.15) is 0 Å². The van der Waals surface area contributed by atoms with E-state index in [-0.39, 0.29) is 18.5 Å². The van der Waals surface area contributed by atoms with Crippen LogP contribution in [0.15, 0.2) is 22.7 Å². The highest BCUT2D eigenvalue weighted by Crippen LogP contribution is 2.20. The van der Waals surface area contributed by atoms with Crippen molar-refractivity contribution in [3.05, 3.63) is 28.2 Å². The topological polar surface area (TPSA) is 61.4 Å². The van der Waals surface area contributed by atoms with Crippen LogP contribution < -0.4 is 10.6 Å². The van der Waals surface area contributed by atoms with Gasteiger partial charge in [0.15, 0.2) is 0 Å². The predicted octanol–water partition coefficient (Wildman–Crippen LogP) is 1.72. The zero-order valence-corrected chi connectivity index (χ0v) is 11.6. The van der Waals surface area contributed by atoms with Crippen molar-refractivity contribution in [2.75, 3.05) is 25.0 Å². The van der Waals surface area contributed by atoms with Crippen molar-refractivity contribution in [2.45, 2.75) is 6.92 Å². The van der Waals surface area contributed by atoms with Crippen LogP contribution in [0.2, 0.25) is 0 Å². The minimum atomic E-state index is -0.313. The molecule has 1 aromatic carbocycles. The number of urea groups is 1. The molecule has 1 aromatic rings. The first-order valence-corrected chi connectivity index (χ1v) is 6.45. The van der Waals surface area contributed by atoms with E-state index in [1.54, 1.807) is 0 Å². The molecule has 18 heavy (non-hydrogen) atoms. The Kier molecular flexibility index (Phi) is 3.86. The van der Waals surface area contributed by atoms with E-state index >= 15 is 0 Å². The van der Waals surface area contributed by atoms with Crippen molar-refractivity contribution < 1.29 is 9.59 Å². The van der Waals surface area contributed by atoms with Crippen LogP contribution in [0.3, 0.4) is 0 Å². The highest BCUT2D eigenvalue weighted by molar-refractivity contribution is 9.10. The van der Waals surface area contributed by atoms with Crippen molar-refractivity contribution >= 4 is 33.6 Å².